The maximum atomic E-state index is 5.93. The third kappa shape index (κ3) is 3.89. The summed E-state index contributed by atoms with van der Waals surface area (Å²) in [6.45, 7) is 6.00. The van der Waals surface area contributed by atoms with Gasteiger partial charge in [0.05, 0.1) is 6.61 Å². The molecule has 0 amide bonds. The second-order valence-electron chi connectivity index (χ2n) is 6.14. The highest BCUT2D eigenvalue weighted by Crippen LogP contribution is 2.29. The van der Waals surface area contributed by atoms with Crippen molar-refractivity contribution >= 4 is 5.69 Å². The number of ether oxygens (including phenoxy) is 1. The Bertz CT molecular complexity index is 433. The predicted molar refractivity (Wildman–Crippen MR) is 84.9 cm³/mol. The van der Waals surface area contributed by atoms with Crippen molar-refractivity contribution in [3.8, 4) is 5.75 Å². The van der Waals surface area contributed by atoms with Gasteiger partial charge in [0.15, 0.2) is 0 Å². The molecular weight excluding hydrogens is 248 g/mol. The van der Waals surface area contributed by atoms with Gasteiger partial charge in [0.1, 0.15) is 5.75 Å². The first-order valence-corrected chi connectivity index (χ1v) is 7.81. The number of anilines is 1. The Morgan fingerprint density at radius 2 is 2.15 bits per heavy atom. The van der Waals surface area contributed by atoms with Gasteiger partial charge in [-0.2, -0.15) is 0 Å². The van der Waals surface area contributed by atoms with E-state index in [2.05, 4.69) is 18.9 Å². The van der Waals surface area contributed by atoms with E-state index in [1.807, 2.05) is 25.1 Å². The van der Waals surface area contributed by atoms with Crippen molar-refractivity contribution in [2.24, 2.45) is 5.92 Å². The topological polar surface area (TPSA) is 38.5 Å². The first kappa shape index (κ1) is 15.2. The number of rotatable bonds is 5. The number of nitrogens with zero attached hydrogens (tertiary/aromatic N) is 1. The minimum absolute atomic E-state index is 0.689. The third-order valence-corrected chi connectivity index (χ3v) is 4.34. The summed E-state index contributed by atoms with van der Waals surface area (Å²) >= 11 is 0. The molecule has 3 heteroatoms. The van der Waals surface area contributed by atoms with E-state index < -0.39 is 0 Å². The van der Waals surface area contributed by atoms with Crippen molar-refractivity contribution in [1.29, 1.82) is 0 Å². The molecule has 2 rings (SSSR count). The van der Waals surface area contributed by atoms with Crippen LogP contribution in [0.5, 0.6) is 5.75 Å². The summed E-state index contributed by atoms with van der Waals surface area (Å²) in [4.78, 5) is 2.47. The Morgan fingerprint density at radius 1 is 1.35 bits per heavy atom. The summed E-state index contributed by atoms with van der Waals surface area (Å²) in [5, 5.41) is 0. The van der Waals surface area contributed by atoms with E-state index in [4.69, 9.17) is 10.5 Å². The molecule has 3 nitrogen and oxygen atoms in total. The average molecular weight is 276 g/mol. The van der Waals surface area contributed by atoms with Crippen LogP contribution in [0.2, 0.25) is 0 Å². The fourth-order valence-electron chi connectivity index (χ4n) is 3.22. The van der Waals surface area contributed by atoms with E-state index in [0.29, 0.717) is 12.6 Å². The van der Waals surface area contributed by atoms with Crippen LogP contribution in [0.15, 0.2) is 18.2 Å². The predicted octanol–water partition coefficient (Wildman–Crippen LogP) is 3.68. The summed E-state index contributed by atoms with van der Waals surface area (Å²) in [5.74, 6) is 1.82. The summed E-state index contributed by atoms with van der Waals surface area (Å²) in [6.07, 6.45) is 5.36. The lowest BCUT2D eigenvalue weighted by Gasteiger charge is -2.34. The van der Waals surface area contributed by atoms with E-state index >= 15 is 0 Å². The summed E-state index contributed by atoms with van der Waals surface area (Å²) in [5.41, 5.74) is 7.94. The van der Waals surface area contributed by atoms with Gasteiger partial charge in [-0.3, -0.25) is 4.90 Å². The van der Waals surface area contributed by atoms with Crippen molar-refractivity contribution in [3.63, 3.8) is 0 Å². The van der Waals surface area contributed by atoms with Crippen molar-refractivity contribution in [1.82, 2.24) is 4.90 Å². The Hall–Kier alpha value is -1.22. The normalized spacial score (nSPS) is 23.0. The monoisotopic (exact) mass is 276 g/mol. The molecule has 1 aliphatic carbocycles. The van der Waals surface area contributed by atoms with Crippen molar-refractivity contribution in [3.05, 3.63) is 23.8 Å². The van der Waals surface area contributed by atoms with E-state index in [-0.39, 0.29) is 0 Å². The fraction of sp³-hybridized carbons (Fsp3) is 0.647. The molecule has 1 fully saturated rings. The molecule has 2 unspecified atom stereocenters. The summed E-state index contributed by atoms with van der Waals surface area (Å²) < 4.78 is 5.72. The largest absolute Gasteiger partial charge is 0.494 e. The molecule has 0 spiro atoms. The quantitative estimate of drug-likeness (QED) is 0.834. The minimum Gasteiger partial charge on any atom is -0.494 e. The van der Waals surface area contributed by atoms with Crippen LogP contribution >= 0.6 is 0 Å². The Morgan fingerprint density at radius 3 is 2.85 bits per heavy atom. The van der Waals surface area contributed by atoms with Crippen LogP contribution in [-0.2, 0) is 6.54 Å². The summed E-state index contributed by atoms with van der Waals surface area (Å²) in [6, 6.07) is 6.64. The van der Waals surface area contributed by atoms with E-state index in [9.17, 15) is 0 Å². The van der Waals surface area contributed by atoms with Gasteiger partial charge in [-0.15, -0.1) is 0 Å². The van der Waals surface area contributed by atoms with Crippen LogP contribution in [0.3, 0.4) is 0 Å². The lowest BCUT2D eigenvalue weighted by molar-refractivity contribution is 0.156. The molecule has 1 aliphatic rings. The highest BCUT2D eigenvalue weighted by molar-refractivity contribution is 5.47. The number of hydrogen-bond donors (Lipinski definition) is 1. The minimum atomic E-state index is 0.689. The standard InChI is InChI=1S/C17H28N2O/c1-4-20-17-9-8-15(18)11-14(17)12-19(3)16-7-5-6-13(2)10-16/h8-9,11,13,16H,4-7,10,12,18H2,1-3H3. The lowest BCUT2D eigenvalue weighted by atomic mass is 9.86. The van der Waals surface area contributed by atoms with Gasteiger partial charge in [0.2, 0.25) is 0 Å². The van der Waals surface area contributed by atoms with E-state index in [0.717, 1.165) is 23.9 Å². The second-order valence-corrected chi connectivity index (χ2v) is 6.14. The van der Waals surface area contributed by atoms with Gasteiger partial charge >= 0.3 is 0 Å². The maximum absolute atomic E-state index is 5.93. The maximum Gasteiger partial charge on any atom is 0.123 e. The molecule has 2 N–H and O–H groups in total. The van der Waals surface area contributed by atoms with Crippen LogP contribution in [0.4, 0.5) is 5.69 Å². The Balaban J connectivity index is 2.06. The average Bonchev–Trinajstić information content (AvgIpc) is 2.42. The lowest BCUT2D eigenvalue weighted by Crippen LogP contribution is -2.35. The molecule has 1 aromatic carbocycles. The zero-order valence-corrected chi connectivity index (χ0v) is 13.1. The van der Waals surface area contributed by atoms with Crippen LogP contribution < -0.4 is 10.5 Å². The molecule has 0 bridgehead atoms. The van der Waals surface area contributed by atoms with Crippen LogP contribution in [0.25, 0.3) is 0 Å². The van der Waals surface area contributed by atoms with E-state index in [1.54, 1.807) is 0 Å². The van der Waals surface area contributed by atoms with Crippen LogP contribution in [0, 0.1) is 5.92 Å². The Labute approximate surface area is 123 Å². The molecule has 0 heterocycles. The Kier molecular flexibility index (Phi) is 5.30. The molecule has 0 saturated heterocycles. The zero-order valence-electron chi connectivity index (χ0n) is 13.1. The highest BCUT2D eigenvalue weighted by atomic mass is 16.5. The smallest absolute Gasteiger partial charge is 0.123 e. The first-order chi connectivity index (χ1) is 9.60. The number of hydrogen-bond acceptors (Lipinski definition) is 3. The molecule has 1 saturated carbocycles. The van der Waals surface area contributed by atoms with Gasteiger partial charge in [0.25, 0.3) is 0 Å². The molecule has 2 atom stereocenters. The number of nitrogens with two attached hydrogens (primary N) is 1. The zero-order chi connectivity index (χ0) is 14.5. The number of nitrogen functional groups attached to an aromatic ring is 1. The highest BCUT2D eigenvalue weighted by Gasteiger charge is 2.23. The molecule has 20 heavy (non-hydrogen) atoms. The van der Waals surface area contributed by atoms with Crippen LogP contribution in [-0.4, -0.2) is 24.6 Å². The van der Waals surface area contributed by atoms with Crippen molar-refractivity contribution in [2.45, 2.75) is 52.1 Å². The van der Waals surface area contributed by atoms with Crippen molar-refractivity contribution in [2.75, 3.05) is 19.4 Å². The summed E-state index contributed by atoms with van der Waals surface area (Å²) in [7, 11) is 2.22. The van der Waals surface area contributed by atoms with Gasteiger partial charge in [-0.05, 0) is 50.9 Å². The first-order valence-electron chi connectivity index (χ1n) is 7.81. The van der Waals surface area contributed by atoms with Gasteiger partial charge in [-0.1, -0.05) is 19.8 Å². The van der Waals surface area contributed by atoms with Gasteiger partial charge < -0.3 is 10.5 Å². The van der Waals surface area contributed by atoms with Crippen LogP contribution in [0.1, 0.15) is 45.1 Å². The second kappa shape index (κ2) is 6.98. The van der Waals surface area contributed by atoms with E-state index in [1.165, 1.54) is 31.2 Å². The van der Waals surface area contributed by atoms with Gasteiger partial charge in [-0.25, -0.2) is 0 Å². The SMILES string of the molecule is CCOc1ccc(N)cc1CN(C)C1CCCC(C)C1. The molecule has 112 valence electrons. The van der Waals surface area contributed by atoms with Crippen molar-refractivity contribution < 1.29 is 4.74 Å². The number of benzene rings is 1. The van der Waals surface area contributed by atoms with Gasteiger partial charge in [0, 0.05) is 23.8 Å². The molecule has 0 aromatic heterocycles. The fourth-order valence-corrected chi connectivity index (χ4v) is 3.22. The third-order valence-electron chi connectivity index (χ3n) is 4.34. The molecule has 0 radical (unpaired) electrons. The molecular formula is C17H28N2O. The molecule has 1 aromatic rings. The molecule has 0 aliphatic heterocycles.